The summed E-state index contributed by atoms with van der Waals surface area (Å²) < 4.78 is 10.1. The van der Waals surface area contributed by atoms with E-state index in [2.05, 4.69) is 14.7 Å². The molecule has 0 aliphatic rings. The number of hydrogen-bond acceptors (Lipinski definition) is 4. The minimum absolute atomic E-state index is 0.335. The third kappa shape index (κ3) is 1.90. The van der Waals surface area contributed by atoms with Gasteiger partial charge in [-0.05, 0) is 18.6 Å². The molecule has 0 unspecified atom stereocenters. The molecule has 0 saturated heterocycles. The van der Waals surface area contributed by atoms with Crippen molar-refractivity contribution in [2.24, 2.45) is 0 Å². The van der Waals surface area contributed by atoms with E-state index < -0.39 is 0 Å². The van der Waals surface area contributed by atoms with Crippen molar-refractivity contribution < 1.29 is 9.26 Å². The number of aromatic nitrogens is 2. The molecule has 0 bridgehead atoms. The van der Waals surface area contributed by atoms with Gasteiger partial charge in [0.15, 0.2) is 6.61 Å². The van der Waals surface area contributed by atoms with Crippen LogP contribution in [0.1, 0.15) is 11.4 Å². The van der Waals surface area contributed by atoms with Crippen LogP contribution in [0.25, 0.3) is 0 Å². The summed E-state index contributed by atoms with van der Waals surface area (Å²) in [7, 11) is 0. The van der Waals surface area contributed by atoms with E-state index in [0.29, 0.717) is 12.4 Å². The summed E-state index contributed by atoms with van der Waals surface area (Å²) in [6.07, 6.45) is 1.29. The Kier molecular flexibility index (Phi) is 2.44. The van der Waals surface area contributed by atoms with Gasteiger partial charge in [0.25, 0.3) is 0 Å². The summed E-state index contributed by atoms with van der Waals surface area (Å²) in [4.78, 5) is 3.86. The van der Waals surface area contributed by atoms with Crippen molar-refractivity contribution in [1.82, 2.24) is 10.1 Å². The molecule has 1 aromatic heterocycles. The summed E-state index contributed by atoms with van der Waals surface area (Å²) in [5, 5.41) is 3.65. The summed E-state index contributed by atoms with van der Waals surface area (Å²) in [6, 6.07) is 7.80. The van der Waals surface area contributed by atoms with Crippen LogP contribution in [0.15, 0.2) is 35.2 Å². The maximum Gasteiger partial charge on any atom is 0.213 e. The van der Waals surface area contributed by atoms with Gasteiger partial charge in [-0.1, -0.05) is 23.4 Å². The zero-order valence-electron chi connectivity index (χ0n) is 7.80. The van der Waals surface area contributed by atoms with E-state index >= 15 is 0 Å². The lowest BCUT2D eigenvalue weighted by molar-refractivity contribution is 0.285. The Morgan fingerprint density at radius 1 is 1.36 bits per heavy atom. The Hall–Kier alpha value is -1.84. The topological polar surface area (TPSA) is 48.2 Å². The van der Waals surface area contributed by atoms with Crippen LogP contribution in [-0.2, 0) is 6.61 Å². The Labute approximate surface area is 81.5 Å². The number of ether oxygens (including phenoxy) is 1. The highest BCUT2D eigenvalue weighted by Gasteiger charge is 2.01. The van der Waals surface area contributed by atoms with Crippen molar-refractivity contribution >= 4 is 0 Å². The van der Waals surface area contributed by atoms with E-state index in [0.717, 1.165) is 11.3 Å². The molecule has 0 radical (unpaired) electrons. The molecule has 1 aromatic carbocycles. The molecule has 0 amide bonds. The first-order valence-corrected chi connectivity index (χ1v) is 4.30. The molecular weight excluding hydrogens is 180 g/mol. The molecule has 0 fully saturated rings. The standard InChI is InChI=1S/C10H10N2O2/c1-8-4-2-3-5-9(8)13-6-10-11-7-14-12-10/h2-5,7H,6H2,1H3. The van der Waals surface area contributed by atoms with Gasteiger partial charge in [-0.3, -0.25) is 0 Å². The molecule has 72 valence electrons. The Morgan fingerprint density at radius 3 is 2.93 bits per heavy atom. The maximum atomic E-state index is 5.50. The number of benzene rings is 1. The van der Waals surface area contributed by atoms with Gasteiger partial charge < -0.3 is 9.26 Å². The van der Waals surface area contributed by atoms with Crippen LogP contribution in [-0.4, -0.2) is 10.1 Å². The molecule has 0 aliphatic heterocycles. The Morgan fingerprint density at radius 2 is 2.21 bits per heavy atom. The predicted octanol–water partition coefficient (Wildman–Crippen LogP) is 1.96. The number of rotatable bonds is 3. The number of aryl methyl sites for hydroxylation is 1. The van der Waals surface area contributed by atoms with E-state index in [1.165, 1.54) is 6.39 Å². The minimum atomic E-state index is 0.335. The average Bonchev–Trinajstić information content (AvgIpc) is 2.69. The monoisotopic (exact) mass is 190 g/mol. The van der Waals surface area contributed by atoms with Crippen molar-refractivity contribution in [3.63, 3.8) is 0 Å². The van der Waals surface area contributed by atoms with Gasteiger partial charge in [0.2, 0.25) is 12.2 Å². The fourth-order valence-corrected chi connectivity index (χ4v) is 1.12. The van der Waals surface area contributed by atoms with Gasteiger partial charge in [-0.2, -0.15) is 4.98 Å². The van der Waals surface area contributed by atoms with E-state index in [9.17, 15) is 0 Å². The second-order valence-corrected chi connectivity index (χ2v) is 2.90. The number of nitrogens with zero attached hydrogens (tertiary/aromatic N) is 2. The summed E-state index contributed by atoms with van der Waals surface area (Å²) >= 11 is 0. The van der Waals surface area contributed by atoms with Crippen LogP contribution in [0.3, 0.4) is 0 Å². The molecule has 0 atom stereocenters. The first-order chi connectivity index (χ1) is 6.86. The molecule has 0 spiro atoms. The first-order valence-electron chi connectivity index (χ1n) is 4.30. The van der Waals surface area contributed by atoms with Gasteiger partial charge in [-0.25, -0.2) is 0 Å². The molecule has 2 aromatic rings. The van der Waals surface area contributed by atoms with Crippen LogP contribution < -0.4 is 4.74 Å². The average molecular weight is 190 g/mol. The predicted molar refractivity (Wildman–Crippen MR) is 49.8 cm³/mol. The smallest absolute Gasteiger partial charge is 0.213 e. The fourth-order valence-electron chi connectivity index (χ4n) is 1.12. The van der Waals surface area contributed by atoms with Gasteiger partial charge in [-0.15, -0.1) is 0 Å². The number of hydrogen-bond donors (Lipinski definition) is 0. The van der Waals surface area contributed by atoms with Gasteiger partial charge in [0, 0.05) is 0 Å². The van der Waals surface area contributed by atoms with Crippen LogP contribution >= 0.6 is 0 Å². The lowest BCUT2D eigenvalue weighted by Gasteiger charge is -2.05. The van der Waals surface area contributed by atoms with Crippen molar-refractivity contribution in [1.29, 1.82) is 0 Å². The molecule has 4 nitrogen and oxygen atoms in total. The Bertz CT molecular complexity index is 398. The maximum absolute atomic E-state index is 5.50. The lowest BCUT2D eigenvalue weighted by Crippen LogP contribution is -1.98. The lowest BCUT2D eigenvalue weighted by atomic mass is 10.2. The van der Waals surface area contributed by atoms with E-state index in [4.69, 9.17) is 4.74 Å². The largest absolute Gasteiger partial charge is 0.485 e. The second-order valence-electron chi connectivity index (χ2n) is 2.90. The first kappa shape index (κ1) is 8.74. The van der Waals surface area contributed by atoms with Gasteiger partial charge in [0.1, 0.15) is 5.75 Å². The van der Waals surface area contributed by atoms with E-state index in [1.54, 1.807) is 0 Å². The molecule has 4 heteroatoms. The quantitative estimate of drug-likeness (QED) is 0.742. The summed E-state index contributed by atoms with van der Waals surface area (Å²) in [5.74, 6) is 1.39. The number of para-hydroxylation sites is 1. The van der Waals surface area contributed by atoms with Crippen LogP contribution in [0.4, 0.5) is 0 Å². The zero-order valence-corrected chi connectivity index (χ0v) is 7.80. The molecule has 0 aliphatic carbocycles. The summed E-state index contributed by atoms with van der Waals surface area (Å²) in [6.45, 7) is 2.33. The fraction of sp³-hybridized carbons (Fsp3) is 0.200. The van der Waals surface area contributed by atoms with Crippen molar-refractivity contribution in [3.05, 3.63) is 42.0 Å². The molecular formula is C10H10N2O2. The Balaban J connectivity index is 2.02. The van der Waals surface area contributed by atoms with Gasteiger partial charge >= 0.3 is 0 Å². The van der Waals surface area contributed by atoms with Crippen molar-refractivity contribution in [2.75, 3.05) is 0 Å². The molecule has 2 rings (SSSR count). The van der Waals surface area contributed by atoms with Crippen LogP contribution in [0.2, 0.25) is 0 Å². The zero-order chi connectivity index (χ0) is 9.80. The highest BCUT2D eigenvalue weighted by Crippen LogP contribution is 2.16. The minimum Gasteiger partial charge on any atom is -0.485 e. The van der Waals surface area contributed by atoms with E-state index in [-0.39, 0.29) is 0 Å². The molecule has 1 heterocycles. The SMILES string of the molecule is Cc1ccccc1OCc1ncon1. The highest BCUT2D eigenvalue weighted by molar-refractivity contribution is 5.31. The third-order valence-electron chi connectivity index (χ3n) is 1.86. The van der Waals surface area contributed by atoms with E-state index in [1.807, 2.05) is 31.2 Å². The normalized spacial score (nSPS) is 10.1. The van der Waals surface area contributed by atoms with Gasteiger partial charge in [0.05, 0.1) is 0 Å². The second kappa shape index (κ2) is 3.91. The third-order valence-corrected chi connectivity index (χ3v) is 1.86. The van der Waals surface area contributed by atoms with Crippen molar-refractivity contribution in [2.45, 2.75) is 13.5 Å². The summed E-state index contributed by atoms with van der Waals surface area (Å²) in [5.41, 5.74) is 1.09. The van der Waals surface area contributed by atoms with Crippen LogP contribution in [0, 0.1) is 6.92 Å². The van der Waals surface area contributed by atoms with Crippen LogP contribution in [0.5, 0.6) is 5.75 Å². The molecule has 0 N–H and O–H groups in total. The highest BCUT2D eigenvalue weighted by atomic mass is 16.5. The van der Waals surface area contributed by atoms with Crippen molar-refractivity contribution in [3.8, 4) is 5.75 Å². The molecule has 0 saturated carbocycles. The molecule has 14 heavy (non-hydrogen) atoms.